The predicted octanol–water partition coefficient (Wildman–Crippen LogP) is 3.14. The first-order valence-corrected chi connectivity index (χ1v) is 4.88. The molecule has 0 aromatic heterocycles. The molecular formula is C11H22O. The van der Waals surface area contributed by atoms with Crippen molar-refractivity contribution in [2.24, 2.45) is 5.92 Å². The van der Waals surface area contributed by atoms with Crippen molar-refractivity contribution in [3.63, 3.8) is 0 Å². The molecule has 0 bridgehead atoms. The summed E-state index contributed by atoms with van der Waals surface area (Å²) in [5.74, 6) is 0.391. The van der Waals surface area contributed by atoms with Gasteiger partial charge < -0.3 is 5.11 Å². The molecular weight excluding hydrogens is 148 g/mol. The molecule has 0 aliphatic heterocycles. The SMILES string of the molecule is C=CCCCC(C)(O)C(C)CC. The molecule has 1 heteroatoms. The van der Waals surface area contributed by atoms with Gasteiger partial charge in [0.1, 0.15) is 0 Å². The summed E-state index contributed by atoms with van der Waals surface area (Å²) in [7, 11) is 0. The lowest BCUT2D eigenvalue weighted by Crippen LogP contribution is -2.32. The minimum atomic E-state index is -0.488. The van der Waals surface area contributed by atoms with Crippen molar-refractivity contribution < 1.29 is 5.11 Å². The van der Waals surface area contributed by atoms with E-state index >= 15 is 0 Å². The molecule has 2 unspecified atom stereocenters. The Kier molecular flexibility index (Phi) is 5.23. The van der Waals surface area contributed by atoms with E-state index in [1.54, 1.807) is 0 Å². The Morgan fingerprint density at radius 2 is 2.17 bits per heavy atom. The highest BCUT2D eigenvalue weighted by atomic mass is 16.3. The summed E-state index contributed by atoms with van der Waals surface area (Å²) >= 11 is 0. The van der Waals surface area contributed by atoms with Crippen molar-refractivity contribution in [1.82, 2.24) is 0 Å². The van der Waals surface area contributed by atoms with Gasteiger partial charge in [0, 0.05) is 0 Å². The zero-order chi connectivity index (χ0) is 9.61. The first kappa shape index (κ1) is 11.7. The molecule has 0 amide bonds. The Bertz CT molecular complexity index is 127. The Morgan fingerprint density at radius 1 is 1.58 bits per heavy atom. The summed E-state index contributed by atoms with van der Waals surface area (Å²) in [5.41, 5.74) is -0.488. The van der Waals surface area contributed by atoms with Gasteiger partial charge in [0.15, 0.2) is 0 Å². The van der Waals surface area contributed by atoms with E-state index in [9.17, 15) is 5.11 Å². The summed E-state index contributed by atoms with van der Waals surface area (Å²) in [5, 5.41) is 9.98. The quantitative estimate of drug-likeness (QED) is 0.479. The maximum atomic E-state index is 9.98. The maximum Gasteiger partial charge on any atom is 0.0645 e. The second-order valence-corrected chi connectivity index (χ2v) is 3.85. The highest BCUT2D eigenvalue weighted by molar-refractivity contribution is 4.79. The van der Waals surface area contributed by atoms with Crippen LogP contribution in [0.25, 0.3) is 0 Å². The van der Waals surface area contributed by atoms with Crippen LogP contribution >= 0.6 is 0 Å². The van der Waals surface area contributed by atoms with Crippen molar-refractivity contribution in [3.05, 3.63) is 12.7 Å². The molecule has 1 N–H and O–H groups in total. The summed E-state index contributed by atoms with van der Waals surface area (Å²) in [6, 6.07) is 0. The van der Waals surface area contributed by atoms with Crippen LogP contribution in [0.3, 0.4) is 0 Å². The summed E-state index contributed by atoms with van der Waals surface area (Å²) in [6.07, 6.45) is 5.88. The number of allylic oxidation sites excluding steroid dienone is 1. The number of unbranched alkanes of at least 4 members (excludes halogenated alkanes) is 1. The normalized spacial score (nSPS) is 18.3. The van der Waals surface area contributed by atoms with Gasteiger partial charge in [0.2, 0.25) is 0 Å². The first-order valence-electron chi connectivity index (χ1n) is 4.88. The number of hydrogen-bond donors (Lipinski definition) is 1. The molecule has 0 rings (SSSR count). The van der Waals surface area contributed by atoms with E-state index < -0.39 is 5.60 Å². The van der Waals surface area contributed by atoms with Gasteiger partial charge in [-0.15, -0.1) is 6.58 Å². The topological polar surface area (TPSA) is 20.2 Å². The van der Waals surface area contributed by atoms with Crippen molar-refractivity contribution in [1.29, 1.82) is 0 Å². The van der Waals surface area contributed by atoms with Crippen molar-refractivity contribution in [2.45, 2.75) is 52.1 Å². The minimum absolute atomic E-state index is 0.391. The van der Waals surface area contributed by atoms with Crippen LogP contribution in [0.5, 0.6) is 0 Å². The van der Waals surface area contributed by atoms with Crippen LogP contribution in [0.15, 0.2) is 12.7 Å². The largest absolute Gasteiger partial charge is 0.390 e. The van der Waals surface area contributed by atoms with E-state index in [4.69, 9.17) is 0 Å². The molecule has 0 radical (unpaired) electrons. The van der Waals surface area contributed by atoms with E-state index in [2.05, 4.69) is 20.4 Å². The molecule has 0 saturated heterocycles. The highest BCUT2D eigenvalue weighted by Gasteiger charge is 2.25. The van der Waals surface area contributed by atoms with Crippen LogP contribution < -0.4 is 0 Å². The molecule has 1 nitrogen and oxygen atoms in total. The average Bonchev–Trinajstić information content (AvgIpc) is 2.03. The van der Waals surface area contributed by atoms with E-state index in [0.29, 0.717) is 5.92 Å². The Labute approximate surface area is 76.5 Å². The molecule has 0 aliphatic carbocycles. The second-order valence-electron chi connectivity index (χ2n) is 3.85. The van der Waals surface area contributed by atoms with E-state index in [0.717, 1.165) is 25.7 Å². The standard InChI is InChI=1S/C11H22O/c1-5-7-8-9-11(4,12)10(3)6-2/h5,10,12H,1,6-9H2,2-4H3. The zero-order valence-corrected chi connectivity index (χ0v) is 8.64. The van der Waals surface area contributed by atoms with E-state index in [1.165, 1.54) is 0 Å². The number of rotatable bonds is 6. The van der Waals surface area contributed by atoms with Gasteiger partial charge in [-0.05, 0) is 32.1 Å². The summed E-state index contributed by atoms with van der Waals surface area (Å²) in [6.45, 7) is 9.82. The van der Waals surface area contributed by atoms with Gasteiger partial charge in [0.25, 0.3) is 0 Å². The first-order chi connectivity index (χ1) is 5.54. The zero-order valence-electron chi connectivity index (χ0n) is 8.64. The lowest BCUT2D eigenvalue weighted by molar-refractivity contribution is -0.00457. The number of hydrogen-bond acceptors (Lipinski definition) is 1. The fraction of sp³-hybridized carbons (Fsp3) is 0.818. The lowest BCUT2D eigenvalue weighted by atomic mass is 9.84. The van der Waals surface area contributed by atoms with Gasteiger partial charge in [-0.1, -0.05) is 26.3 Å². The van der Waals surface area contributed by atoms with Crippen molar-refractivity contribution >= 4 is 0 Å². The summed E-state index contributed by atoms with van der Waals surface area (Å²) < 4.78 is 0. The van der Waals surface area contributed by atoms with Crippen LogP contribution in [0, 0.1) is 5.92 Å². The van der Waals surface area contributed by atoms with Crippen LogP contribution in [0.4, 0.5) is 0 Å². The van der Waals surface area contributed by atoms with Crippen molar-refractivity contribution in [3.8, 4) is 0 Å². The van der Waals surface area contributed by atoms with Gasteiger partial charge in [0.05, 0.1) is 5.60 Å². The molecule has 0 fully saturated rings. The fourth-order valence-electron chi connectivity index (χ4n) is 1.29. The van der Waals surface area contributed by atoms with Gasteiger partial charge >= 0.3 is 0 Å². The van der Waals surface area contributed by atoms with Crippen LogP contribution in [-0.4, -0.2) is 10.7 Å². The minimum Gasteiger partial charge on any atom is -0.390 e. The van der Waals surface area contributed by atoms with Crippen molar-refractivity contribution in [2.75, 3.05) is 0 Å². The fourth-order valence-corrected chi connectivity index (χ4v) is 1.29. The third-order valence-electron chi connectivity index (χ3n) is 2.77. The molecule has 0 aliphatic rings. The van der Waals surface area contributed by atoms with Crippen LogP contribution in [0.2, 0.25) is 0 Å². The summed E-state index contributed by atoms with van der Waals surface area (Å²) in [4.78, 5) is 0. The highest BCUT2D eigenvalue weighted by Crippen LogP contribution is 2.25. The Balaban J connectivity index is 3.77. The van der Waals surface area contributed by atoms with Gasteiger partial charge in [-0.25, -0.2) is 0 Å². The molecule has 0 saturated carbocycles. The third kappa shape index (κ3) is 3.91. The molecule has 72 valence electrons. The van der Waals surface area contributed by atoms with Crippen LogP contribution in [0.1, 0.15) is 46.5 Å². The molecule has 0 spiro atoms. The van der Waals surface area contributed by atoms with Gasteiger partial charge in [-0.2, -0.15) is 0 Å². The molecule has 12 heavy (non-hydrogen) atoms. The van der Waals surface area contributed by atoms with E-state index in [-0.39, 0.29) is 0 Å². The predicted molar refractivity (Wildman–Crippen MR) is 54.1 cm³/mol. The van der Waals surface area contributed by atoms with Crippen LogP contribution in [-0.2, 0) is 0 Å². The average molecular weight is 170 g/mol. The van der Waals surface area contributed by atoms with E-state index in [1.807, 2.05) is 13.0 Å². The van der Waals surface area contributed by atoms with Gasteiger partial charge in [-0.3, -0.25) is 0 Å². The molecule has 2 atom stereocenters. The monoisotopic (exact) mass is 170 g/mol. The molecule has 0 heterocycles. The Hall–Kier alpha value is -0.300. The lowest BCUT2D eigenvalue weighted by Gasteiger charge is -2.29. The maximum absolute atomic E-state index is 9.98. The molecule has 0 aromatic carbocycles. The Morgan fingerprint density at radius 3 is 2.58 bits per heavy atom. The smallest absolute Gasteiger partial charge is 0.0645 e. The third-order valence-corrected chi connectivity index (χ3v) is 2.77. The number of aliphatic hydroxyl groups is 1. The second kappa shape index (κ2) is 5.36. The molecule has 0 aromatic rings.